The third kappa shape index (κ3) is 3.34. The van der Waals surface area contributed by atoms with Crippen LogP contribution in [0.1, 0.15) is 16.9 Å². The van der Waals surface area contributed by atoms with Crippen LogP contribution >= 0.6 is 0 Å². The molecule has 0 aliphatic carbocycles. The van der Waals surface area contributed by atoms with E-state index in [9.17, 15) is 13.6 Å². The molecule has 5 rings (SSSR count). The Labute approximate surface area is 170 Å². The Hall–Kier alpha value is -3.55. The van der Waals surface area contributed by atoms with Gasteiger partial charge >= 0.3 is 0 Å². The Kier molecular flexibility index (Phi) is 4.34. The SMILES string of the molecule is O=C(c1cc2ccccn2n1)N1CCC(F)(F)[C@@H](Oc2ccc3ccccc3n2)C1. The summed E-state index contributed by atoms with van der Waals surface area (Å²) in [5.41, 5.74) is 1.64. The van der Waals surface area contributed by atoms with Crippen molar-refractivity contribution in [3.8, 4) is 5.88 Å². The molecule has 1 saturated heterocycles. The van der Waals surface area contributed by atoms with E-state index in [1.165, 1.54) is 4.90 Å². The number of carbonyl (C=O) groups excluding carboxylic acids is 1. The molecule has 30 heavy (non-hydrogen) atoms. The van der Waals surface area contributed by atoms with Crippen molar-refractivity contribution in [3.63, 3.8) is 0 Å². The number of hydrogen-bond donors (Lipinski definition) is 0. The number of fused-ring (bicyclic) bond motifs is 2. The lowest BCUT2D eigenvalue weighted by Crippen LogP contribution is -2.55. The number of ether oxygens (including phenoxy) is 1. The molecule has 4 aromatic rings. The summed E-state index contributed by atoms with van der Waals surface area (Å²) in [6.07, 6.45) is -0.237. The van der Waals surface area contributed by atoms with Gasteiger partial charge in [0.15, 0.2) is 11.8 Å². The molecule has 8 heteroatoms. The zero-order valence-electron chi connectivity index (χ0n) is 15.9. The van der Waals surface area contributed by atoms with Crippen molar-refractivity contribution in [2.45, 2.75) is 18.4 Å². The smallest absolute Gasteiger partial charge is 0.287 e. The number of amides is 1. The van der Waals surface area contributed by atoms with Gasteiger partial charge in [0.05, 0.1) is 17.6 Å². The Morgan fingerprint density at radius 3 is 2.80 bits per heavy atom. The second-order valence-electron chi connectivity index (χ2n) is 7.31. The van der Waals surface area contributed by atoms with E-state index in [2.05, 4.69) is 10.1 Å². The highest BCUT2D eigenvalue weighted by molar-refractivity contribution is 5.93. The summed E-state index contributed by atoms with van der Waals surface area (Å²) in [5.74, 6) is -3.35. The molecule has 1 aromatic carbocycles. The maximum atomic E-state index is 14.6. The first-order valence-electron chi connectivity index (χ1n) is 9.64. The zero-order valence-corrected chi connectivity index (χ0v) is 15.9. The van der Waals surface area contributed by atoms with Crippen LogP contribution in [-0.2, 0) is 0 Å². The minimum atomic E-state index is -3.07. The Morgan fingerprint density at radius 1 is 1.10 bits per heavy atom. The van der Waals surface area contributed by atoms with Gasteiger partial charge in [-0.3, -0.25) is 4.79 Å². The fraction of sp³-hybridized carbons (Fsp3) is 0.227. The van der Waals surface area contributed by atoms with Gasteiger partial charge in [0.2, 0.25) is 5.88 Å². The maximum absolute atomic E-state index is 14.6. The predicted octanol–water partition coefficient (Wildman–Crippen LogP) is 3.81. The van der Waals surface area contributed by atoms with E-state index in [1.807, 2.05) is 30.3 Å². The van der Waals surface area contributed by atoms with E-state index >= 15 is 0 Å². The molecular formula is C22H18F2N4O2. The summed E-state index contributed by atoms with van der Waals surface area (Å²) >= 11 is 0. The molecule has 3 aromatic heterocycles. The van der Waals surface area contributed by atoms with Crippen molar-refractivity contribution in [2.24, 2.45) is 0 Å². The standard InChI is InChI=1S/C22H18F2N4O2/c23-22(24)10-12-27(21(29)18-13-16-6-3-4-11-28(16)26-18)14-19(22)30-20-9-8-15-5-1-2-7-17(15)25-20/h1-9,11,13,19H,10,12,14H2/t19-/m0/s1. The van der Waals surface area contributed by atoms with Gasteiger partial charge in [0, 0.05) is 30.6 Å². The minimum absolute atomic E-state index is 0.0648. The number of hydrogen-bond acceptors (Lipinski definition) is 4. The van der Waals surface area contributed by atoms with Crippen LogP contribution in [-0.4, -0.2) is 50.5 Å². The maximum Gasteiger partial charge on any atom is 0.287 e. The summed E-state index contributed by atoms with van der Waals surface area (Å²) in [7, 11) is 0. The summed E-state index contributed by atoms with van der Waals surface area (Å²) < 4.78 is 36.3. The lowest BCUT2D eigenvalue weighted by Gasteiger charge is -2.37. The number of carbonyl (C=O) groups is 1. The second-order valence-corrected chi connectivity index (χ2v) is 7.31. The lowest BCUT2D eigenvalue weighted by molar-refractivity contribution is -0.131. The summed E-state index contributed by atoms with van der Waals surface area (Å²) in [4.78, 5) is 18.6. The van der Waals surface area contributed by atoms with Crippen molar-refractivity contribution in [3.05, 3.63) is 72.6 Å². The van der Waals surface area contributed by atoms with Gasteiger partial charge in [0.1, 0.15) is 0 Å². The molecule has 1 amide bonds. The number of piperidine rings is 1. The number of likely N-dealkylation sites (tertiary alicyclic amines) is 1. The van der Waals surface area contributed by atoms with Gasteiger partial charge in [-0.05, 0) is 30.3 Å². The zero-order chi connectivity index (χ0) is 20.7. The minimum Gasteiger partial charge on any atom is -0.466 e. The monoisotopic (exact) mass is 408 g/mol. The average Bonchev–Trinajstić information content (AvgIpc) is 3.19. The molecule has 6 nitrogen and oxygen atoms in total. The third-order valence-electron chi connectivity index (χ3n) is 5.28. The van der Waals surface area contributed by atoms with E-state index in [0.29, 0.717) is 5.52 Å². The number of rotatable bonds is 3. The van der Waals surface area contributed by atoms with Crippen molar-refractivity contribution < 1.29 is 18.3 Å². The van der Waals surface area contributed by atoms with Gasteiger partial charge in [-0.2, -0.15) is 5.10 Å². The van der Waals surface area contributed by atoms with Crippen LogP contribution in [0.3, 0.4) is 0 Å². The fourth-order valence-corrected chi connectivity index (χ4v) is 3.64. The van der Waals surface area contributed by atoms with Crippen molar-refractivity contribution >= 4 is 22.3 Å². The molecule has 0 spiro atoms. The summed E-state index contributed by atoms with van der Waals surface area (Å²) in [6, 6.07) is 17.8. The van der Waals surface area contributed by atoms with Crippen molar-refractivity contribution in [1.29, 1.82) is 0 Å². The van der Waals surface area contributed by atoms with Gasteiger partial charge < -0.3 is 9.64 Å². The number of nitrogens with zero attached hydrogens (tertiary/aromatic N) is 4. The van der Waals surface area contributed by atoms with Crippen molar-refractivity contribution in [1.82, 2.24) is 19.5 Å². The number of pyridine rings is 2. The van der Waals surface area contributed by atoms with Crippen LogP contribution in [0.2, 0.25) is 0 Å². The van der Waals surface area contributed by atoms with Gasteiger partial charge in [0.25, 0.3) is 11.8 Å². The van der Waals surface area contributed by atoms with Crippen LogP contribution in [0.5, 0.6) is 5.88 Å². The van der Waals surface area contributed by atoms with E-state index in [0.717, 1.165) is 10.9 Å². The normalized spacial score (nSPS) is 18.6. The molecule has 4 heterocycles. The highest BCUT2D eigenvalue weighted by Crippen LogP contribution is 2.32. The van der Waals surface area contributed by atoms with E-state index in [-0.39, 0.29) is 24.7 Å². The molecule has 1 aliphatic rings. The van der Waals surface area contributed by atoms with Gasteiger partial charge in [-0.15, -0.1) is 0 Å². The Morgan fingerprint density at radius 2 is 1.93 bits per heavy atom. The van der Waals surface area contributed by atoms with Gasteiger partial charge in [-0.25, -0.2) is 18.3 Å². The van der Waals surface area contributed by atoms with Crippen LogP contribution in [0, 0.1) is 0 Å². The van der Waals surface area contributed by atoms with E-state index in [1.54, 1.807) is 41.0 Å². The van der Waals surface area contributed by atoms with Crippen LogP contribution in [0.15, 0.2) is 66.9 Å². The molecule has 0 bridgehead atoms. The second kappa shape index (κ2) is 7.05. The molecule has 0 N–H and O–H groups in total. The molecule has 0 saturated carbocycles. The molecule has 152 valence electrons. The predicted molar refractivity (Wildman–Crippen MR) is 107 cm³/mol. The molecule has 0 radical (unpaired) electrons. The molecule has 1 aliphatic heterocycles. The number of alkyl halides is 2. The molecular weight excluding hydrogens is 390 g/mol. The van der Waals surface area contributed by atoms with E-state index in [4.69, 9.17) is 4.74 Å². The Balaban J connectivity index is 1.38. The third-order valence-corrected chi connectivity index (χ3v) is 5.28. The molecule has 0 unspecified atom stereocenters. The number of aromatic nitrogens is 3. The lowest BCUT2D eigenvalue weighted by atomic mass is 10.0. The molecule has 1 fully saturated rings. The number of benzene rings is 1. The molecule has 1 atom stereocenters. The topological polar surface area (TPSA) is 59.7 Å². The first-order chi connectivity index (χ1) is 14.5. The first-order valence-corrected chi connectivity index (χ1v) is 9.64. The van der Waals surface area contributed by atoms with Crippen molar-refractivity contribution in [2.75, 3.05) is 13.1 Å². The summed E-state index contributed by atoms with van der Waals surface area (Å²) in [6.45, 7) is -0.307. The largest absolute Gasteiger partial charge is 0.466 e. The quantitative estimate of drug-likeness (QED) is 0.517. The fourth-order valence-electron chi connectivity index (χ4n) is 3.64. The van der Waals surface area contributed by atoms with Crippen LogP contribution in [0.4, 0.5) is 8.78 Å². The first kappa shape index (κ1) is 18.5. The number of para-hydroxylation sites is 1. The average molecular weight is 408 g/mol. The highest BCUT2D eigenvalue weighted by atomic mass is 19.3. The van der Waals surface area contributed by atoms with Crippen LogP contribution in [0.25, 0.3) is 16.4 Å². The van der Waals surface area contributed by atoms with Crippen LogP contribution < -0.4 is 4.74 Å². The van der Waals surface area contributed by atoms with E-state index < -0.39 is 24.4 Å². The highest BCUT2D eigenvalue weighted by Gasteiger charge is 2.47. The van der Waals surface area contributed by atoms with Gasteiger partial charge in [-0.1, -0.05) is 24.3 Å². The summed E-state index contributed by atoms with van der Waals surface area (Å²) in [5, 5.41) is 5.14. The Bertz CT molecular complexity index is 1210. The number of halogens is 2.